The SMILES string of the molecule is CCC(C)COc1ccc(C(C)(C)c2ccc(OCC(C)COCC(C)COc3ccc(C(C)(C)c4ccc(C)cc4)cc3)cc2)cc1. The zero-order valence-electron chi connectivity index (χ0n) is 30.8. The Morgan fingerprint density at radius 1 is 0.438 bits per heavy atom. The first-order chi connectivity index (χ1) is 22.9. The molecule has 0 bridgehead atoms. The summed E-state index contributed by atoms with van der Waals surface area (Å²) in [5, 5.41) is 0. The topological polar surface area (TPSA) is 36.9 Å². The van der Waals surface area contributed by atoms with E-state index in [9.17, 15) is 0 Å². The van der Waals surface area contributed by atoms with Crippen LogP contribution in [0.5, 0.6) is 17.2 Å². The van der Waals surface area contributed by atoms with Crippen molar-refractivity contribution in [2.45, 2.75) is 79.6 Å². The minimum Gasteiger partial charge on any atom is -0.493 e. The standard InChI is InChI=1S/C44H58O4/c1-10-32(2)29-46-40-21-15-38(16-22-40)44(8,9)39-19-25-42(26-20-39)48-31-35(5)28-45-27-34(4)30-47-41-23-17-37(18-24-41)43(6,7)36-13-11-33(3)12-14-36/h11-26,32,34-35H,10,27-31H2,1-9H3. The predicted molar refractivity (Wildman–Crippen MR) is 200 cm³/mol. The van der Waals surface area contributed by atoms with Gasteiger partial charge in [-0.3, -0.25) is 0 Å². The van der Waals surface area contributed by atoms with Crippen molar-refractivity contribution in [2.24, 2.45) is 17.8 Å². The summed E-state index contributed by atoms with van der Waals surface area (Å²) >= 11 is 0. The molecule has 0 spiro atoms. The minimum absolute atomic E-state index is 0.0652. The Bertz CT molecular complexity index is 1500. The van der Waals surface area contributed by atoms with Gasteiger partial charge in [-0.25, -0.2) is 0 Å². The molecule has 0 aliphatic heterocycles. The van der Waals surface area contributed by atoms with Crippen LogP contribution in [0.1, 0.15) is 89.6 Å². The quantitative estimate of drug-likeness (QED) is 0.107. The largest absolute Gasteiger partial charge is 0.493 e. The maximum Gasteiger partial charge on any atom is 0.119 e. The van der Waals surface area contributed by atoms with Crippen molar-refractivity contribution < 1.29 is 18.9 Å². The van der Waals surface area contributed by atoms with E-state index < -0.39 is 0 Å². The molecule has 0 aliphatic rings. The van der Waals surface area contributed by atoms with Gasteiger partial charge in [0, 0.05) is 22.7 Å². The summed E-state index contributed by atoms with van der Waals surface area (Å²) in [6.07, 6.45) is 1.12. The van der Waals surface area contributed by atoms with Crippen LogP contribution in [0.25, 0.3) is 0 Å². The van der Waals surface area contributed by atoms with Crippen molar-refractivity contribution in [2.75, 3.05) is 33.0 Å². The van der Waals surface area contributed by atoms with Crippen molar-refractivity contribution in [3.05, 3.63) is 125 Å². The highest BCUT2D eigenvalue weighted by Crippen LogP contribution is 2.34. The number of aryl methyl sites for hydroxylation is 1. The number of hydrogen-bond donors (Lipinski definition) is 0. The Kier molecular flexibility index (Phi) is 13.2. The molecular formula is C44H58O4. The lowest BCUT2D eigenvalue weighted by Gasteiger charge is -2.26. The van der Waals surface area contributed by atoms with Crippen LogP contribution >= 0.6 is 0 Å². The third-order valence-corrected chi connectivity index (χ3v) is 9.61. The second-order valence-corrected chi connectivity index (χ2v) is 14.9. The first-order valence-electron chi connectivity index (χ1n) is 17.7. The zero-order chi connectivity index (χ0) is 34.7. The fraction of sp³-hybridized carbons (Fsp3) is 0.455. The van der Waals surface area contributed by atoms with Gasteiger partial charge in [0.25, 0.3) is 0 Å². The molecule has 4 aromatic carbocycles. The summed E-state index contributed by atoms with van der Waals surface area (Å²) in [6.45, 7) is 23.2. The summed E-state index contributed by atoms with van der Waals surface area (Å²) < 4.78 is 24.2. The average Bonchev–Trinajstić information content (AvgIpc) is 3.09. The summed E-state index contributed by atoms with van der Waals surface area (Å²) in [4.78, 5) is 0. The third kappa shape index (κ3) is 10.4. The predicted octanol–water partition coefficient (Wildman–Crippen LogP) is 10.8. The molecule has 0 amide bonds. The van der Waals surface area contributed by atoms with Crippen LogP contribution in [0.15, 0.2) is 97.1 Å². The van der Waals surface area contributed by atoms with Gasteiger partial charge in [0.2, 0.25) is 0 Å². The van der Waals surface area contributed by atoms with Crippen LogP contribution in [0, 0.1) is 24.7 Å². The Hall–Kier alpha value is -3.76. The lowest BCUT2D eigenvalue weighted by molar-refractivity contribution is 0.0527. The monoisotopic (exact) mass is 650 g/mol. The van der Waals surface area contributed by atoms with Gasteiger partial charge in [-0.2, -0.15) is 0 Å². The molecule has 258 valence electrons. The molecule has 0 N–H and O–H groups in total. The minimum atomic E-state index is -0.128. The van der Waals surface area contributed by atoms with E-state index in [1.165, 1.54) is 27.8 Å². The summed E-state index contributed by atoms with van der Waals surface area (Å²) in [5.41, 5.74) is 6.18. The molecular weight excluding hydrogens is 592 g/mol. The van der Waals surface area contributed by atoms with Gasteiger partial charge in [0.05, 0.1) is 33.0 Å². The molecule has 0 aromatic heterocycles. The van der Waals surface area contributed by atoms with E-state index in [0.717, 1.165) is 30.3 Å². The number of rotatable bonds is 18. The highest BCUT2D eigenvalue weighted by atomic mass is 16.5. The first kappa shape index (κ1) is 37.1. The molecule has 3 atom stereocenters. The van der Waals surface area contributed by atoms with E-state index in [1.54, 1.807) is 0 Å². The Balaban J connectivity index is 1.15. The van der Waals surface area contributed by atoms with E-state index in [2.05, 4.69) is 159 Å². The molecule has 4 rings (SSSR count). The van der Waals surface area contributed by atoms with E-state index in [0.29, 0.717) is 32.3 Å². The second kappa shape index (κ2) is 17.1. The average molecular weight is 651 g/mol. The van der Waals surface area contributed by atoms with Crippen molar-refractivity contribution in [3.63, 3.8) is 0 Å². The first-order valence-corrected chi connectivity index (χ1v) is 17.7. The fourth-order valence-electron chi connectivity index (χ4n) is 5.61. The number of benzene rings is 4. The van der Waals surface area contributed by atoms with Crippen molar-refractivity contribution in [1.82, 2.24) is 0 Å². The van der Waals surface area contributed by atoms with Crippen LogP contribution in [0.4, 0.5) is 0 Å². The Morgan fingerprint density at radius 2 is 0.729 bits per heavy atom. The summed E-state index contributed by atoms with van der Waals surface area (Å²) in [7, 11) is 0. The third-order valence-electron chi connectivity index (χ3n) is 9.61. The lowest BCUT2D eigenvalue weighted by atomic mass is 9.78. The molecule has 4 aromatic rings. The van der Waals surface area contributed by atoms with E-state index >= 15 is 0 Å². The maximum absolute atomic E-state index is 6.12. The fourth-order valence-corrected chi connectivity index (χ4v) is 5.61. The summed E-state index contributed by atoms with van der Waals surface area (Å²) in [6, 6.07) is 34.3. The van der Waals surface area contributed by atoms with Crippen molar-refractivity contribution in [3.8, 4) is 17.2 Å². The number of ether oxygens (including phenoxy) is 4. The highest BCUT2D eigenvalue weighted by molar-refractivity contribution is 5.42. The maximum atomic E-state index is 6.12. The smallest absolute Gasteiger partial charge is 0.119 e. The van der Waals surface area contributed by atoms with Gasteiger partial charge in [0.15, 0.2) is 0 Å². The Labute approximate surface area is 290 Å². The highest BCUT2D eigenvalue weighted by Gasteiger charge is 2.24. The lowest BCUT2D eigenvalue weighted by Crippen LogP contribution is -2.20. The van der Waals surface area contributed by atoms with Crippen LogP contribution in [0.3, 0.4) is 0 Å². The van der Waals surface area contributed by atoms with Crippen molar-refractivity contribution >= 4 is 0 Å². The van der Waals surface area contributed by atoms with Gasteiger partial charge in [-0.1, -0.05) is 128 Å². The van der Waals surface area contributed by atoms with Gasteiger partial charge in [0.1, 0.15) is 17.2 Å². The van der Waals surface area contributed by atoms with Gasteiger partial charge in [-0.15, -0.1) is 0 Å². The second-order valence-electron chi connectivity index (χ2n) is 14.9. The molecule has 0 radical (unpaired) electrons. The van der Waals surface area contributed by atoms with Crippen LogP contribution in [0.2, 0.25) is 0 Å². The van der Waals surface area contributed by atoms with Crippen LogP contribution in [-0.2, 0) is 15.6 Å². The van der Waals surface area contributed by atoms with Gasteiger partial charge < -0.3 is 18.9 Å². The van der Waals surface area contributed by atoms with Gasteiger partial charge >= 0.3 is 0 Å². The number of hydrogen-bond acceptors (Lipinski definition) is 4. The molecule has 3 unspecified atom stereocenters. The zero-order valence-corrected chi connectivity index (χ0v) is 30.8. The molecule has 4 nitrogen and oxygen atoms in total. The molecule has 4 heteroatoms. The molecule has 0 saturated heterocycles. The van der Waals surface area contributed by atoms with E-state index in [-0.39, 0.29) is 22.7 Å². The summed E-state index contributed by atoms with van der Waals surface area (Å²) in [5.74, 6) is 3.82. The molecule has 0 heterocycles. The molecule has 0 aliphatic carbocycles. The van der Waals surface area contributed by atoms with Crippen LogP contribution in [-0.4, -0.2) is 33.0 Å². The van der Waals surface area contributed by atoms with Gasteiger partial charge in [-0.05, 0) is 71.5 Å². The normalized spacial score (nSPS) is 13.9. The molecule has 48 heavy (non-hydrogen) atoms. The molecule has 0 fully saturated rings. The Morgan fingerprint density at radius 3 is 1.04 bits per heavy atom. The molecule has 0 saturated carbocycles. The van der Waals surface area contributed by atoms with E-state index in [4.69, 9.17) is 18.9 Å². The van der Waals surface area contributed by atoms with Crippen molar-refractivity contribution in [1.29, 1.82) is 0 Å². The van der Waals surface area contributed by atoms with E-state index in [1.807, 2.05) is 0 Å². The van der Waals surface area contributed by atoms with Crippen LogP contribution < -0.4 is 14.2 Å².